The second-order valence-corrected chi connectivity index (χ2v) is 6.04. The molecule has 112 valence electrons. The van der Waals surface area contributed by atoms with Gasteiger partial charge in [0.1, 0.15) is 5.75 Å². The summed E-state index contributed by atoms with van der Waals surface area (Å²) in [6, 6.07) is 5.89. The Labute approximate surface area is 136 Å². The van der Waals surface area contributed by atoms with Crippen LogP contribution in [0, 0.1) is 25.5 Å². The lowest BCUT2D eigenvalue weighted by Crippen LogP contribution is -2.05. The van der Waals surface area contributed by atoms with Gasteiger partial charge in [0.15, 0.2) is 11.6 Å². The number of ether oxygens (including phenoxy) is 1. The van der Waals surface area contributed by atoms with Crippen molar-refractivity contribution in [1.82, 2.24) is 0 Å². The molecule has 0 saturated heterocycles. The van der Waals surface area contributed by atoms with Gasteiger partial charge < -0.3 is 4.74 Å². The highest BCUT2D eigenvalue weighted by molar-refractivity contribution is 9.10. The zero-order valence-electron chi connectivity index (χ0n) is 11.8. The van der Waals surface area contributed by atoms with E-state index in [9.17, 15) is 8.78 Å². The van der Waals surface area contributed by atoms with E-state index >= 15 is 0 Å². The van der Waals surface area contributed by atoms with Crippen molar-refractivity contribution >= 4 is 27.5 Å². The molecule has 0 aliphatic rings. The van der Waals surface area contributed by atoms with Crippen molar-refractivity contribution in [2.24, 2.45) is 0 Å². The van der Waals surface area contributed by atoms with Crippen LogP contribution in [-0.2, 0) is 0 Å². The van der Waals surface area contributed by atoms with Crippen LogP contribution in [-0.4, -0.2) is 7.11 Å². The fraction of sp³-hybridized carbons (Fsp3) is 0.250. The second kappa shape index (κ2) is 6.32. The highest BCUT2D eigenvalue weighted by Crippen LogP contribution is 2.42. The Bertz CT molecular complexity index is 688. The minimum Gasteiger partial charge on any atom is -0.496 e. The maximum atomic E-state index is 14.0. The lowest BCUT2D eigenvalue weighted by Gasteiger charge is -2.20. The van der Waals surface area contributed by atoms with Crippen molar-refractivity contribution < 1.29 is 13.5 Å². The van der Waals surface area contributed by atoms with Gasteiger partial charge in [0, 0.05) is 15.6 Å². The monoisotopic (exact) mass is 374 g/mol. The molecule has 21 heavy (non-hydrogen) atoms. The quantitative estimate of drug-likeness (QED) is 0.627. The Morgan fingerprint density at radius 1 is 1.24 bits per heavy atom. The summed E-state index contributed by atoms with van der Waals surface area (Å²) < 4.78 is 33.7. The molecule has 1 nitrogen and oxygen atoms in total. The van der Waals surface area contributed by atoms with E-state index in [2.05, 4.69) is 15.9 Å². The maximum Gasteiger partial charge on any atom is 0.163 e. The molecule has 0 spiro atoms. The largest absolute Gasteiger partial charge is 0.496 e. The van der Waals surface area contributed by atoms with Crippen molar-refractivity contribution in [1.29, 1.82) is 0 Å². The third kappa shape index (κ3) is 2.92. The molecule has 0 heterocycles. The van der Waals surface area contributed by atoms with Gasteiger partial charge in [-0.25, -0.2) is 8.78 Å². The first-order valence-corrected chi connectivity index (χ1v) is 7.53. The normalized spacial score (nSPS) is 12.3. The third-order valence-electron chi connectivity index (χ3n) is 3.42. The molecule has 0 radical (unpaired) electrons. The number of alkyl halides is 1. The van der Waals surface area contributed by atoms with E-state index in [4.69, 9.17) is 16.3 Å². The molecule has 0 N–H and O–H groups in total. The van der Waals surface area contributed by atoms with Gasteiger partial charge in [-0.05, 0) is 37.1 Å². The van der Waals surface area contributed by atoms with Crippen LogP contribution in [0.1, 0.15) is 27.6 Å². The fourth-order valence-electron chi connectivity index (χ4n) is 2.32. The summed E-state index contributed by atoms with van der Waals surface area (Å²) in [5, 5.41) is -0.841. The molecule has 1 atom stereocenters. The van der Waals surface area contributed by atoms with Crippen LogP contribution < -0.4 is 4.74 Å². The Morgan fingerprint density at radius 3 is 2.52 bits per heavy atom. The van der Waals surface area contributed by atoms with E-state index in [1.165, 1.54) is 19.2 Å². The van der Waals surface area contributed by atoms with Crippen molar-refractivity contribution in [2.75, 3.05) is 7.11 Å². The summed E-state index contributed by atoms with van der Waals surface area (Å²) in [6.07, 6.45) is 0. The zero-order chi connectivity index (χ0) is 15.7. The van der Waals surface area contributed by atoms with E-state index in [-0.39, 0.29) is 5.56 Å². The van der Waals surface area contributed by atoms with Crippen LogP contribution in [0.2, 0.25) is 0 Å². The highest BCUT2D eigenvalue weighted by Gasteiger charge is 2.25. The van der Waals surface area contributed by atoms with Crippen LogP contribution in [0.3, 0.4) is 0 Å². The van der Waals surface area contributed by atoms with Crippen LogP contribution in [0.25, 0.3) is 0 Å². The molecular weight excluding hydrogens is 362 g/mol. The number of aryl methyl sites for hydroxylation is 1. The molecule has 2 aromatic carbocycles. The molecular formula is C16H14BrClF2O. The SMILES string of the molecule is COc1c(C)cc(Br)c(C)c1C(Cl)c1cccc(F)c1F. The number of halogens is 4. The average molecular weight is 376 g/mol. The summed E-state index contributed by atoms with van der Waals surface area (Å²) in [7, 11) is 1.53. The second-order valence-electron chi connectivity index (χ2n) is 4.75. The van der Waals surface area contributed by atoms with E-state index in [0.29, 0.717) is 11.3 Å². The van der Waals surface area contributed by atoms with Gasteiger partial charge in [0.2, 0.25) is 0 Å². The molecule has 0 aromatic heterocycles. The Hall–Kier alpha value is -1.13. The average Bonchev–Trinajstić information content (AvgIpc) is 2.44. The standard InChI is InChI=1S/C16H14BrClF2O/c1-8-7-11(17)9(2)13(16(8)21-3)14(18)10-5-4-6-12(19)15(10)20/h4-7,14H,1-3H3. The number of methoxy groups -OCH3 is 1. The lowest BCUT2D eigenvalue weighted by atomic mass is 9.96. The van der Waals surface area contributed by atoms with Crippen molar-refractivity contribution in [3.63, 3.8) is 0 Å². The predicted octanol–water partition coefficient (Wildman–Crippen LogP) is 5.68. The number of hydrogen-bond donors (Lipinski definition) is 0. The Kier molecular flexibility index (Phi) is 4.89. The van der Waals surface area contributed by atoms with E-state index in [0.717, 1.165) is 21.7 Å². The summed E-state index contributed by atoms with van der Waals surface area (Å²) in [4.78, 5) is 0. The molecule has 0 aliphatic carbocycles. The van der Waals surface area contributed by atoms with Crippen molar-refractivity contribution in [2.45, 2.75) is 19.2 Å². The van der Waals surface area contributed by atoms with Crippen LogP contribution >= 0.6 is 27.5 Å². The minimum atomic E-state index is -0.934. The molecule has 2 aromatic rings. The van der Waals surface area contributed by atoms with Gasteiger partial charge in [-0.15, -0.1) is 11.6 Å². The first-order chi connectivity index (χ1) is 9.88. The van der Waals surface area contributed by atoms with E-state index in [1.807, 2.05) is 19.9 Å². The number of benzene rings is 2. The van der Waals surface area contributed by atoms with Gasteiger partial charge in [-0.1, -0.05) is 28.1 Å². The highest BCUT2D eigenvalue weighted by atomic mass is 79.9. The summed E-state index contributed by atoms with van der Waals surface area (Å²) in [6.45, 7) is 3.73. The van der Waals surface area contributed by atoms with Gasteiger partial charge >= 0.3 is 0 Å². The van der Waals surface area contributed by atoms with E-state index in [1.54, 1.807) is 0 Å². The summed E-state index contributed by atoms with van der Waals surface area (Å²) in [5.41, 5.74) is 2.43. The number of rotatable bonds is 3. The number of hydrogen-bond acceptors (Lipinski definition) is 1. The van der Waals surface area contributed by atoms with Gasteiger partial charge in [0.25, 0.3) is 0 Å². The predicted molar refractivity (Wildman–Crippen MR) is 84.2 cm³/mol. The molecule has 0 amide bonds. The molecule has 0 aliphatic heterocycles. The van der Waals surface area contributed by atoms with Crippen molar-refractivity contribution in [3.8, 4) is 5.75 Å². The molecule has 2 rings (SSSR count). The maximum absolute atomic E-state index is 14.0. The van der Waals surface area contributed by atoms with Gasteiger partial charge in [-0.3, -0.25) is 0 Å². The molecule has 5 heteroatoms. The molecule has 0 saturated carbocycles. The topological polar surface area (TPSA) is 9.23 Å². The van der Waals surface area contributed by atoms with Gasteiger partial charge in [-0.2, -0.15) is 0 Å². The summed E-state index contributed by atoms with van der Waals surface area (Å²) in [5.74, 6) is -1.27. The van der Waals surface area contributed by atoms with Crippen LogP contribution in [0.5, 0.6) is 5.75 Å². The molecule has 0 fully saturated rings. The van der Waals surface area contributed by atoms with E-state index < -0.39 is 17.0 Å². The zero-order valence-corrected chi connectivity index (χ0v) is 14.1. The Morgan fingerprint density at radius 2 is 1.90 bits per heavy atom. The summed E-state index contributed by atoms with van der Waals surface area (Å²) >= 11 is 9.89. The third-order valence-corrected chi connectivity index (χ3v) is 4.70. The molecule has 1 unspecified atom stereocenters. The Balaban J connectivity index is 2.68. The smallest absolute Gasteiger partial charge is 0.163 e. The lowest BCUT2D eigenvalue weighted by molar-refractivity contribution is 0.406. The molecule has 0 bridgehead atoms. The first kappa shape index (κ1) is 16.2. The van der Waals surface area contributed by atoms with Crippen LogP contribution in [0.15, 0.2) is 28.7 Å². The fourth-order valence-corrected chi connectivity index (χ4v) is 3.31. The first-order valence-electron chi connectivity index (χ1n) is 6.30. The van der Waals surface area contributed by atoms with Crippen molar-refractivity contribution in [3.05, 3.63) is 62.6 Å². The van der Waals surface area contributed by atoms with Gasteiger partial charge in [0.05, 0.1) is 12.5 Å². The van der Waals surface area contributed by atoms with Crippen LogP contribution in [0.4, 0.5) is 8.78 Å². The minimum absolute atomic E-state index is 0.0931.